The molecule has 3 heterocycles. The second-order valence-electron chi connectivity index (χ2n) is 6.00. The molecule has 0 bridgehead atoms. The zero-order valence-electron chi connectivity index (χ0n) is 13.6. The van der Waals surface area contributed by atoms with E-state index in [0.717, 1.165) is 19.4 Å². The number of rotatable bonds is 4. The van der Waals surface area contributed by atoms with Crippen molar-refractivity contribution in [3.63, 3.8) is 0 Å². The summed E-state index contributed by atoms with van der Waals surface area (Å²) in [7, 11) is 1.78. The van der Waals surface area contributed by atoms with Gasteiger partial charge < -0.3 is 15.4 Å². The summed E-state index contributed by atoms with van der Waals surface area (Å²) in [5.41, 5.74) is 0.756. The van der Waals surface area contributed by atoms with Gasteiger partial charge in [-0.25, -0.2) is 4.68 Å². The fraction of sp³-hybridized carbons (Fsp3) is 0.438. The van der Waals surface area contributed by atoms with Crippen LogP contribution in [0.25, 0.3) is 0 Å². The number of anilines is 1. The van der Waals surface area contributed by atoms with Crippen molar-refractivity contribution < 1.29 is 9.53 Å². The number of hydrogen-bond donors (Lipinski definition) is 2. The Morgan fingerprint density at radius 1 is 1.52 bits per heavy atom. The van der Waals surface area contributed by atoms with E-state index in [2.05, 4.69) is 20.7 Å². The van der Waals surface area contributed by atoms with Gasteiger partial charge >= 0.3 is 0 Å². The van der Waals surface area contributed by atoms with Crippen LogP contribution in [0.4, 0.5) is 5.69 Å². The van der Waals surface area contributed by atoms with Gasteiger partial charge in [0.1, 0.15) is 11.4 Å². The molecule has 1 aliphatic rings. The monoisotopic (exact) mass is 315 g/mol. The summed E-state index contributed by atoms with van der Waals surface area (Å²) in [5, 5.41) is 10.6. The predicted octanol–water partition coefficient (Wildman–Crippen LogP) is 2.00. The van der Waals surface area contributed by atoms with E-state index < -0.39 is 5.54 Å². The standard InChI is InChI=1S/C16H21N5O2/c1-11-13(19-15(22)16(2)7-5-9-18-16)14(21(3)20-11)23-12-6-4-8-17-10-12/h4,6,8,10,18H,5,7,9H2,1-3H3,(H,19,22)/t16-/m0/s1. The average Bonchev–Trinajstić information content (AvgIpc) is 3.08. The van der Waals surface area contributed by atoms with Crippen LogP contribution in [0.15, 0.2) is 24.5 Å². The first-order valence-corrected chi connectivity index (χ1v) is 7.67. The maximum Gasteiger partial charge on any atom is 0.244 e. The van der Waals surface area contributed by atoms with Crippen molar-refractivity contribution in [1.82, 2.24) is 20.1 Å². The second kappa shape index (κ2) is 6.00. The third-order valence-electron chi connectivity index (χ3n) is 4.13. The van der Waals surface area contributed by atoms with Crippen LogP contribution in [0.1, 0.15) is 25.5 Å². The Bertz CT molecular complexity index is 705. The van der Waals surface area contributed by atoms with Gasteiger partial charge in [0.25, 0.3) is 0 Å². The highest BCUT2D eigenvalue weighted by atomic mass is 16.5. The van der Waals surface area contributed by atoms with Gasteiger partial charge in [0.15, 0.2) is 0 Å². The molecule has 0 spiro atoms. The van der Waals surface area contributed by atoms with E-state index in [-0.39, 0.29) is 5.91 Å². The minimum absolute atomic E-state index is 0.0675. The summed E-state index contributed by atoms with van der Waals surface area (Å²) in [5.74, 6) is 1.02. The van der Waals surface area contributed by atoms with E-state index in [1.807, 2.05) is 13.8 Å². The topological polar surface area (TPSA) is 81.1 Å². The molecule has 0 aliphatic carbocycles. The Kier molecular flexibility index (Phi) is 4.04. The van der Waals surface area contributed by atoms with Crippen molar-refractivity contribution in [2.45, 2.75) is 32.2 Å². The maximum atomic E-state index is 12.6. The van der Waals surface area contributed by atoms with Crippen molar-refractivity contribution in [3.05, 3.63) is 30.2 Å². The minimum atomic E-state index is -0.548. The number of pyridine rings is 1. The molecule has 0 aromatic carbocycles. The lowest BCUT2D eigenvalue weighted by Crippen LogP contribution is -2.48. The molecule has 0 unspecified atom stereocenters. The molecule has 0 radical (unpaired) electrons. The quantitative estimate of drug-likeness (QED) is 0.902. The van der Waals surface area contributed by atoms with Gasteiger partial charge in [-0.1, -0.05) is 0 Å². The predicted molar refractivity (Wildman–Crippen MR) is 86.5 cm³/mol. The lowest BCUT2D eigenvalue weighted by molar-refractivity contribution is -0.121. The Morgan fingerprint density at radius 3 is 3.00 bits per heavy atom. The van der Waals surface area contributed by atoms with Crippen molar-refractivity contribution in [2.75, 3.05) is 11.9 Å². The fourth-order valence-corrected chi connectivity index (χ4v) is 2.76. The number of aryl methyl sites for hydroxylation is 2. The van der Waals surface area contributed by atoms with E-state index in [0.29, 0.717) is 23.0 Å². The highest BCUT2D eigenvalue weighted by molar-refractivity contribution is 5.99. The molecule has 7 nitrogen and oxygen atoms in total. The summed E-state index contributed by atoms with van der Waals surface area (Å²) < 4.78 is 7.47. The number of ether oxygens (including phenoxy) is 1. The van der Waals surface area contributed by atoms with Crippen LogP contribution in [-0.2, 0) is 11.8 Å². The van der Waals surface area contributed by atoms with Crippen LogP contribution in [0.3, 0.4) is 0 Å². The fourth-order valence-electron chi connectivity index (χ4n) is 2.76. The van der Waals surface area contributed by atoms with Crippen LogP contribution >= 0.6 is 0 Å². The molecule has 2 aromatic heterocycles. The molecule has 1 amide bonds. The Labute approximate surface area is 135 Å². The van der Waals surface area contributed by atoms with Gasteiger partial charge in [0.2, 0.25) is 11.8 Å². The van der Waals surface area contributed by atoms with E-state index in [1.165, 1.54) is 0 Å². The molecule has 1 atom stereocenters. The molecule has 3 rings (SSSR count). The number of nitrogens with one attached hydrogen (secondary N) is 2. The van der Waals surface area contributed by atoms with E-state index >= 15 is 0 Å². The summed E-state index contributed by atoms with van der Waals surface area (Å²) >= 11 is 0. The lowest BCUT2D eigenvalue weighted by Gasteiger charge is -2.23. The first-order chi connectivity index (χ1) is 11.0. The zero-order chi connectivity index (χ0) is 16.4. The molecule has 23 heavy (non-hydrogen) atoms. The van der Waals surface area contributed by atoms with Crippen molar-refractivity contribution in [1.29, 1.82) is 0 Å². The number of aromatic nitrogens is 3. The van der Waals surface area contributed by atoms with Gasteiger partial charge in [-0.15, -0.1) is 0 Å². The molecule has 122 valence electrons. The molecule has 1 fully saturated rings. The van der Waals surface area contributed by atoms with Crippen LogP contribution in [0.2, 0.25) is 0 Å². The summed E-state index contributed by atoms with van der Waals surface area (Å²) in [4.78, 5) is 16.7. The van der Waals surface area contributed by atoms with E-state index in [4.69, 9.17) is 4.74 Å². The van der Waals surface area contributed by atoms with E-state index in [1.54, 1.807) is 36.3 Å². The lowest BCUT2D eigenvalue weighted by atomic mass is 9.99. The largest absolute Gasteiger partial charge is 0.436 e. The van der Waals surface area contributed by atoms with Gasteiger partial charge in [0.05, 0.1) is 17.4 Å². The van der Waals surface area contributed by atoms with Crippen molar-refractivity contribution in [3.8, 4) is 11.6 Å². The van der Waals surface area contributed by atoms with Crippen molar-refractivity contribution >= 4 is 11.6 Å². The van der Waals surface area contributed by atoms with Crippen LogP contribution in [0.5, 0.6) is 11.6 Å². The SMILES string of the molecule is Cc1nn(C)c(Oc2cccnc2)c1NC(=O)[C@]1(C)CCCN1. The average molecular weight is 315 g/mol. The van der Waals surface area contributed by atoms with Crippen LogP contribution in [0, 0.1) is 6.92 Å². The summed E-state index contributed by atoms with van der Waals surface area (Å²) in [6.07, 6.45) is 5.11. The summed E-state index contributed by atoms with van der Waals surface area (Å²) in [6.45, 7) is 4.62. The number of amides is 1. The van der Waals surface area contributed by atoms with Gasteiger partial charge in [0, 0.05) is 13.2 Å². The minimum Gasteiger partial charge on any atom is -0.436 e. The van der Waals surface area contributed by atoms with Crippen LogP contribution in [-0.4, -0.2) is 32.8 Å². The third kappa shape index (κ3) is 3.05. The number of carbonyl (C=O) groups excluding carboxylic acids is 1. The van der Waals surface area contributed by atoms with Gasteiger partial charge in [-0.05, 0) is 45.4 Å². The zero-order valence-corrected chi connectivity index (χ0v) is 13.6. The number of carbonyl (C=O) groups is 1. The Hall–Kier alpha value is -2.41. The van der Waals surface area contributed by atoms with Gasteiger partial charge in [-0.3, -0.25) is 9.78 Å². The second-order valence-corrected chi connectivity index (χ2v) is 6.00. The number of nitrogens with zero attached hydrogens (tertiary/aromatic N) is 3. The highest BCUT2D eigenvalue weighted by Gasteiger charge is 2.37. The molecule has 1 saturated heterocycles. The molecule has 1 aliphatic heterocycles. The smallest absolute Gasteiger partial charge is 0.244 e. The Balaban J connectivity index is 1.86. The molecule has 0 saturated carbocycles. The molecule has 7 heteroatoms. The maximum absolute atomic E-state index is 12.6. The van der Waals surface area contributed by atoms with E-state index in [9.17, 15) is 4.79 Å². The Morgan fingerprint density at radius 2 is 2.35 bits per heavy atom. The molecule has 2 aromatic rings. The first-order valence-electron chi connectivity index (χ1n) is 7.67. The number of hydrogen-bond acceptors (Lipinski definition) is 5. The molecule has 2 N–H and O–H groups in total. The normalized spacial score (nSPS) is 20.5. The molecular weight excluding hydrogens is 294 g/mol. The third-order valence-corrected chi connectivity index (χ3v) is 4.13. The van der Waals surface area contributed by atoms with Gasteiger partial charge in [-0.2, -0.15) is 5.10 Å². The van der Waals surface area contributed by atoms with Crippen molar-refractivity contribution in [2.24, 2.45) is 7.05 Å². The van der Waals surface area contributed by atoms with Crippen LogP contribution < -0.4 is 15.4 Å². The summed E-state index contributed by atoms with van der Waals surface area (Å²) in [6, 6.07) is 3.60. The molecular formula is C16H21N5O2. The first kappa shape index (κ1) is 15.5. The highest BCUT2D eigenvalue weighted by Crippen LogP contribution is 2.32.